The number of tetrazole rings is 1. The van der Waals surface area contributed by atoms with Crippen molar-refractivity contribution < 1.29 is 1.43 Å². The van der Waals surface area contributed by atoms with E-state index in [1.165, 1.54) is 0 Å². The number of hydrogen-bond acceptors (Lipinski definition) is 3. The van der Waals surface area contributed by atoms with E-state index < -0.39 is 0 Å². The molecule has 0 aliphatic heterocycles. The smallest absolute Gasteiger partial charge is 0.171 e. The van der Waals surface area contributed by atoms with Crippen LogP contribution in [0.3, 0.4) is 0 Å². The lowest BCUT2D eigenvalue weighted by atomic mass is 10.8. The first-order chi connectivity index (χ1) is 2.89. The lowest BCUT2D eigenvalue weighted by Gasteiger charge is -1.59. The molecule has 4 nitrogen and oxygen atoms in total. The zero-order valence-electron chi connectivity index (χ0n) is 3.84. The molecule has 0 radical (unpaired) electrons. The molecule has 0 unspecified atom stereocenters. The first-order valence-corrected chi connectivity index (χ1v) is 1.59. The second-order valence-corrected chi connectivity index (χ2v) is 0.959. The van der Waals surface area contributed by atoms with Crippen LogP contribution < -0.4 is 0 Å². The van der Waals surface area contributed by atoms with E-state index in [4.69, 9.17) is 0 Å². The van der Waals surface area contributed by atoms with Crippen LogP contribution in [0, 0.1) is 6.92 Å². The van der Waals surface area contributed by atoms with Crippen LogP contribution in [-0.4, -0.2) is 20.6 Å². The predicted octanol–water partition coefficient (Wildman–Crippen LogP) is -0.133. The van der Waals surface area contributed by atoms with Gasteiger partial charge in [-0.2, -0.15) is 18.7 Å². The molecule has 1 N–H and O–H groups in total. The van der Waals surface area contributed by atoms with E-state index in [9.17, 15) is 0 Å². The van der Waals surface area contributed by atoms with Crippen LogP contribution in [0.25, 0.3) is 0 Å². The molecule has 0 atom stereocenters. The minimum atomic E-state index is 0. The molecule has 0 saturated carbocycles. The van der Waals surface area contributed by atoms with Gasteiger partial charge in [0.2, 0.25) is 0 Å². The van der Waals surface area contributed by atoms with E-state index in [-0.39, 0.29) is 14.9 Å². The summed E-state index contributed by atoms with van der Waals surface area (Å²) in [6.07, 6.45) is 0. The predicted molar refractivity (Wildman–Crippen MR) is 31.4 cm³/mol. The molecule has 0 aromatic carbocycles. The highest BCUT2D eigenvalue weighted by molar-refractivity contribution is 7.59. The van der Waals surface area contributed by atoms with Crippen LogP contribution in [0.1, 0.15) is 7.25 Å². The third kappa shape index (κ3) is 1.54. The van der Waals surface area contributed by atoms with Crippen molar-refractivity contribution in [2.75, 3.05) is 0 Å². The molecule has 1 aromatic rings. The van der Waals surface area contributed by atoms with E-state index in [1.54, 1.807) is 6.92 Å². The Morgan fingerprint density at radius 1 is 1.71 bits per heavy atom. The van der Waals surface area contributed by atoms with Crippen molar-refractivity contribution >= 4 is 13.5 Å². The summed E-state index contributed by atoms with van der Waals surface area (Å²) in [4.78, 5) is 0. The van der Waals surface area contributed by atoms with Gasteiger partial charge in [0, 0.05) is 1.43 Å². The van der Waals surface area contributed by atoms with Crippen molar-refractivity contribution in [3.05, 3.63) is 5.82 Å². The Labute approximate surface area is 49.2 Å². The standard InChI is InChI=1S/C2H4N4.H2S.H2/c1-2-3-5-6-4-2;;/h1H3,(H,3,4,5,6);1H2;1H. The Kier molecular flexibility index (Phi) is 2.36. The Balaban J connectivity index is 0. The molecule has 0 spiro atoms. The number of rotatable bonds is 0. The molecule has 7 heavy (non-hydrogen) atoms. The van der Waals surface area contributed by atoms with Gasteiger partial charge >= 0.3 is 0 Å². The van der Waals surface area contributed by atoms with E-state index in [1.807, 2.05) is 0 Å². The fourth-order valence-corrected chi connectivity index (χ4v) is 0.212. The summed E-state index contributed by atoms with van der Waals surface area (Å²) in [5, 5.41) is 12.7. The van der Waals surface area contributed by atoms with Gasteiger partial charge in [-0.25, -0.2) is 0 Å². The average molecular weight is 120 g/mol. The Bertz CT molecular complexity index is 118. The van der Waals surface area contributed by atoms with Gasteiger partial charge in [0.15, 0.2) is 5.82 Å². The molecule has 0 aliphatic rings. The molecule has 0 fully saturated rings. The fraction of sp³-hybridized carbons (Fsp3) is 0.500. The molecule has 0 bridgehead atoms. The highest BCUT2D eigenvalue weighted by Crippen LogP contribution is 1.69. The maximum absolute atomic E-state index is 3.57. The van der Waals surface area contributed by atoms with E-state index in [2.05, 4.69) is 20.6 Å². The SMILES string of the molecule is Cc1nn[nH]n1.S.[HH]. The van der Waals surface area contributed by atoms with Gasteiger partial charge in [-0.1, -0.05) is 5.21 Å². The third-order valence-electron chi connectivity index (χ3n) is 0.451. The number of nitrogens with one attached hydrogen (secondary N) is 1. The first-order valence-electron chi connectivity index (χ1n) is 1.59. The van der Waals surface area contributed by atoms with Crippen LogP contribution >= 0.6 is 13.5 Å². The van der Waals surface area contributed by atoms with Gasteiger partial charge in [-0.05, 0) is 6.92 Å². The van der Waals surface area contributed by atoms with Crippen molar-refractivity contribution in [3.63, 3.8) is 0 Å². The Hall–Kier alpha value is -0.580. The Morgan fingerprint density at radius 3 is 2.57 bits per heavy atom. The largest absolute Gasteiger partial charge is 0.197 e. The maximum atomic E-state index is 3.57. The number of aromatic nitrogens is 4. The fourth-order valence-electron chi connectivity index (χ4n) is 0.212. The number of aryl methyl sites for hydroxylation is 1. The zero-order chi connectivity index (χ0) is 4.41. The van der Waals surface area contributed by atoms with E-state index in [0.29, 0.717) is 5.82 Å². The van der Waals surface area contributed by atoms with Gasteiger partial charge in [-0.15, -0.1) is 10.2 Å². The quantitative estimate of drug-likeness (QED) is 0.518. The molecule has 0 saturated heterocycles. The summed E-state index contributed by atoms with van der Waals surface area (Å²) in [5.41, 5.74) is 0. The van der Waals surface area contributed by atoms with Crippen LogP contribution in [0.4, 0.5) is 0 Å². The zero-order valence-corrected chi connectivity index (χ0v) is 4.84. The first kappa shape index (κ1) is 6.42. The molecule has 1 aromatic heterocycles. The molecule has 0 amide bonds. The molecule has 42 valence electrons. The van der Waals surface area contributed by atoms with E-state index in [0.717, 1.165) is 0 Å². The topological polar surface area (TPSA) is 54.5 Å². The lowest BCUT2D eigenvalue weighted by molar-refractivity contribution is 0.881. The molecular formula is C2H8N4S. The minimum Gasteiger partial charge on any atom is -0.197 e. The number of hydrogen-bond donors (Lipinski definition) is 1. The monoisotopic (exact) mass is 120 g/mol. The van der Waals surface area contributed by atoms with Crippen molar-refractivity contribution in [1.29, 1.82) is 0 Å². The van der Waals surface area contributed by atoms with Crippen LogP contribution in [0.5, 0.6) is 0 Å². The molecule has 5 heteroatoms. The number of aromatic amines is 1. The summed E-state index contributed by atoms with van der Waals surface area (Å²) < 4.78 is 0. The Morgan fingerprint density at radius 2 is 2.43 bits per heavy atom. The van der Waals surface area contributed by atoms with Gasteiger partial charge < -0.3 is 0 Å². The highest BCUT2D eigenvalue weighted by atomic mass is 32.1. The van der Waals surface area contributed by atoms with Gasteiger partial charge in [0.05, 0.1) is 0 Å². The van der Waals surface area contributed by atoms with Gasteiger partial charge in [0.25, 0.3) is 0 Å². The summed E-state index contributed by atoms with van der Waals surface area (Å²) in [6.45, 7) is 1.77. The number of nitrogens with zero attached hydrogens (tertiary/aromatic N) is 3. The van der Waals surface area contributed by atoms with Crippen molar-refractivity contribution in [2.45, 2.75) is 6.92 Å². The average Bonchev–Trinajstić information content (AvgIpc) is 1.86. The molecular weight excluding hydrogens is 112 g/mol. The summed E-state index contributed by atoms with van der Waals surface area (Å²) >= 11 is 0. The number of H-pyrrole nitrogens is 1. The van der Waals surface area contributed by atoms with Crippen molar-refractivity contribution in [2.24, 2.45) is 0 Å². The van der Waals surface area contributed by atoms with Gasteiger partial charge in [-0.3, -0.25) is 0 Å². The second kappa shape index (κ2) is 2.57. The molecule has 1 heterocycles. The minimum absolute atomic E-state index is 0. The third-order valence-corrected chi connectivity index (χ3v) is 0.451. The van der Waals surface area contributed by atoms with E-state index >= 15 is 0 Å². The summed E-state index contributed by atoms with van der Waals surface area (Å²) in [6, 6.07) is 0. The highest BCUT2D eigenvalue weighted by Gasteiger charge is 1.78. The van der Waals surface area contributed by atoms with Crippen LogP contribution in [-0.2, 0) is 0 Å². The summed E-state index contributed by atoms with van der Waals surface area (Å²) in [5.74, 6) is 0.676. The molecule has 1 rings (SSSR count). The van der Waals surface area contributed by atoms with Crippen LogP contribution in [0.15, 0.2) is 0 Å². The van der Waals surface area contributed by atoms with Gasteiger partial charge in [0.1, 0.15) is 0 Å². The lowest BCUT2D eigenvalue weighted by Crippen LogP contribution is -1.69. The normalized spacial score (nSPS) is 7.57. The van der Waals surface area contributed by atoms with Crippen molar-refractivity contribution in [1.82, 2.24) is 20.6 Å². The molecule has 0 aliphatic carbocycles. The summed E-state index contributed by atoms with van der Waals surface area (Å²) in [7, 11) is 0. The second-order valence-electron chi connectivity index (χ2n) is 0.959. The van der Waals surface area contributed by atoms with Crippen molar-refractivity contribution in [3.8, 4) is 0 Å². The van der Waals surface area contributed by atoms with Crippen LogP contribution in [0.2, 0.25) is 0 Å². The maximum Gasteiger partial charge on any atom is 0.171 e.